The minimum atomic E-state index is -2.78. The summed E-state index contributed by atoms with van der Waals surface area (Å²) in [7, 11) is 2.01. The van der Waals surface area contributed by atoms with Gasteiger partial charge in [0, 0.05) is 19.7 Å². The van der Waals surface area contributed by atoms with Crippen LogP contribution in [0.5, 0.6) is 5.75 Å². The van der Waals surface area contributed by atoms with Gasteiger partial charge in [-0.15, -0.1) is 0 Å². The van der Waals surface area contributed by atoms with Gasteiger partial charge in [0.2, 0.25) is 0 Å². The molecule has 0 saturated carbocycles. The summed E-state index contributed by atoms with van der Waals surface area (Å²) in [6.45, 7) is -0.380. The maximum Gasteiger partial charge on any atom is 0.387 e. The van der Waals surface area contributed by atoms with Gasteiger partial charge in [0.15, 0.2) is 0 Å². The molecular weight excluding hydrogens is 264 g/mol. The molecule has 1 aliphatic rings. The molecule has 5 heteroatoms. The van der Waals surface area contributed by atoms with Crippen LogP contribution in [0.4, 0.5) is 8.78 Å². The molecule has 1 aliphatic heterocycles. The molecule has 1 unspecified atom stereocenters. The Hall–Kier alpha value is -1.20. The fraction of sp³-hybridized carbons (Fsp3) is 0.600. The molecule has 0 aromatic heterocycles. The Labute approximate surface area is 118 Å². The van der Waals surface area contributed by atoms with Crippen LogP contribution >= 0.6 is 0 Å². The zero-order valence-corrected chi connectivity index (χ0v) is 11.7. The highest BCUT2D eigenvalue weighted by Gasteiger charge is 2.16. The fourth-order valence-corrected chi connectivity index (χ4v) is 2.50. The Morgan fingerprint density at radius 1 is 1.40 bits per heavy atom. The monoisotopic (exact) mass is 285 g/mol. The first kappa shape index (κ1) is 15.2. The number of rotatable bonds is 6. The van der Waals surface area contributed by atoms with E-state index < -0.39 is 6.61 Å². The van der Waals surface area contributed by atoms with E-state index in [9.17, 15) is 8.78 Å². The SMILES string of the molecule is CN(Cc1cccc(OC(F)F)c1)CC1CCCCO1. The van der Waals surface area contributed by atoms with Crippen molar-refractivity contribution in [1.29, 1.82) is 0 Å². The molecule has 0 amide bonds. The normalized spacial score (nSPS) is 19.6. The quantitative estimate of drug-likeness (QED) is 0.800. The Balaban J connectivity index is 1.85. The lowest BCUT2D eigenvalue weighted by Gasteiger charge is -2.27. The number of alkyl halides is 2. The minimum Gasteiger partial charge on any atom is -0.435 e. The fourth-order valence-electron chi connectivity index (χ4n) is 2.50. The van der Waals surface area contributed by atoms with Crippen molar-refractivity contribution in [3.8, 4) is 5.75 Å². The number of ether oxygens (including phenoxy) is 2. The maximum atomic E-state index is 12.2. The Morgan fingerprint density at radius 2 is 2.25 bits per heavy atom. The van der Waals surface area contributed by atoms with Crippen molar-refractivity contribution >= 4 is 0 Å². The standard InChI is InChI=1S/C15H21F2NO2/c1-18(11-14-6-2-3-8-19-14)10-12-5-4-7-13(9-12)20-15(16)17/h4-5,7,9,14-15H,2-3,6,8,10-11H2,1H3. The highest BCUT2D eigenvalue weighted by Crippen LogP contribution is 2.18. The van der Waals surface area contributed by atoms with Crippen LogP contribution in [0, 0.1) is 0 Å². The van der Waals surface area contributed by atoms with Crippen molar-refractivity contribution in [1.82, 2.24) is 4.90 Å². The van der Waals surface area contributed by atoms with Crippen molar-refractivity contribution in [3.63, 3.8) is 0 Å². The van der Waals surface area contributed by atoms with Crippen molar-refractivity contribution in [2.45, 2.75) is 38.5 Å². The third kappa shape index (κ3) is 5.06. The van der Waals surface area contributed by atoms with Crippen LogP contribution in [0.2, 0.25) is 0 Å². The van der Waals surface area contributed by atoms with Gasteiger partial charge in [-0.05, 0) is 44.0 Å². The van der Waals surface area contributed by atoms with E-state index in [4.69, 9.17) is 4.74 Å². The molecular formula is C15H21F2NO2. The van der Waals surface area contributed by atoms with Gasteiger partial charge in [-0.25, -0.2) is 0 Å². The van der Waals surface area contributed by atoms with Gasteiger partial charge >= 0.3 is 6.61 Å². The topological polar surface area (TPSA) is 21.7 Å². The lowest BCUT2D eigenvalue weighted by molar-refractivity contribution is -0.0499. The molecule has 0 spiro atoms. The van der Waals surface area contributed by atoms with Crippen molar-refractivity contribution in [2.75, 3.05) is 20.2 Å². The van der Waals surface area contributed by atoms with Crippen LogP contribution in [0.25, 0.3) is 0 Å². The van der Waals surface area contributed by atoms with Crippen molar-refractivity contribution in [3.05, 3.63) is 29.8 Å². The Bertz CT molecular complexity index is 409. The number of halogens is 2. The van der Waals surface area contributed by atoms with Gasteiger partial charge in [-0.3, -0.25) is 4.90 Å². The van der Waals surface area contributed by atoms with Gasteiger partial charge in [0.25, 0.3) is 0 Å². The van der Waals surface area contributed by atoms with Crippen LogP contribution in [0.3, 0.4) is 0 Å². The summed E-state index contributed by atoms with van der Waals surface area (Å²) in [5.41, 5.74) is 0.960. The van der Waals surface area contributed by atoms with E-state index in [-0.39, 0.29) is 11.9 Å². The van der Waals surface area contributed by atoms with E-state index in [1.807, 2.05) is 13.1 Å². The zero-order chi connectivity index (χ0) is 14.4. The van der Waals surface area contributed by atoms with E-state index in [0.29, 0.717) is 6.54 Å². The predicted molar refractivity (Wildman–Crippen MR) is 73.0 cm³/mol. The van der Waals surface area contributed by atoms with Crippen LogP contribution in [-0.2, 0) is 11.3 Å². The lowest BCUT2D eigenvalue weighted by Crippen LogP contribution is -2.33. The summed E-state index contributed by atoms with van der Waals surface area (Å²) in [5, 5.41) is 0. The largest absolute Gasteiger partial charge is 0.435 e. The van der Waals surface area contributed by atoms with Crippen LogP contribution in [0.15, 0.2) is 24.3 Å². The highest BCUT2D eigenvalue weighted by atomic mass is 19.3. The summed E-state index contributed by atoms with van der Waals surface area (Å²) in [5.74, 6) is 0.208. The van der Waals surface area contributed by atoms with E-state index in [0.717, 1.165) is 31.6 Å². The van der Waals surface area contributed by atoms with E-state index in [1.54, 1.807) is 18.2 Å². The molecule has 0 bridgehead atoms. The third-order valence-corrected chi connectivity index (χ3v) is 3.37. The molecule has 0 N–H and O–H groups in total. The number of hydrogen-bond donors (Lipinski definition) is 0. The molecule has 1 atom stereocenters. The van der Waals surface area contributed by atoms with Crippen molar-refractivity contribution < 1.29 is 18.3 Å². The van der Waals surface area contributed by atoms with Gasteiger partial charge in [-0.2, -0.15) is 8.78 Å². The van der Waals surface area contributed by atoms with Gasteiger partial charge in [0.05, 0.1) is 6.10 Å². The first-order valence-electron chi connectivity index (χ1n) is 6.97. The molecule has 1 fully saturated rings. The second-order valence-corrected chi connectivity index (χ2v) is 5.21. The molecule has 1 saturated heterocycles. The maximum absolute atomic E-state index is 12.2. The average molecular weight is 285 g/mol. The minimum absolute atomic E-state index is 0.208. The molecule has 3 nitrogen and oxygen atoms in total. The molecule has 1 aromatic rings. The van der Waals surface area contributed by atoms with Crippen LogP contribution in [-0.4, -0.2) is 37.8 Å². The first-order chi connectivity index (χ1) is 9.63. The third-order valence-electron chi connectivity index (χ3n) is 3.37. The highest BCUT2D eigenvalue weighted by molar-refractivity contribution is 5.28. The second kappa shape index (κ2) is 7.55. The van der Waals surface area contributed by atoms with E-state index in [2.05, 4.69) is 9.64 Å². The molecule has 2 rings (SSSR count). The number of likely N-dealkylation sites (N-methyl/N-ethyl adjacent to an activating group) is 1. The molecule has 1 heterocycles. The summed E-state index contributed by atoms with van der Waals surface area (Å²) in [6.07, 6.45) is 3.75. The first-order valence-corrected chi connectivity index (χ1v) is 6.97. The summed E-state index contributed by atoms with van der Waals surface area (Å²) < 4.78 is 34.5. The van der Waals surface area contributed by atoms with Gasteiger partial charge in [0.1, 0.15) is 5.75 Å². The molecule has 1 aromatic carbocycles. The lowest BCUT2D eigenvalue weighted by atomic mass is 10.1. The van der Waals surface area contributed by atoms with Gasteiger partial charge in [-0.1, -0.05) is 12.1 Å². The molecule has 0 aliphatic carbocycles. The van der Waals surface area contributed by atoms with Crippen LogP contribution < -0.4 is 4.74 Å². The predicted octanol–water partition coefficient (Wildman–Crippen LogP) is 3.29. The molecule has 112 valence electrons. The molecule has 0 radical (unpaired) electrons. The number of nitrogens with zero attached hydrogens (tertiary/aromatic N) is 1. The Morgan fingerprint density at radius 3 is 2.95 bits per heavy atom. The van der Waals surface area contributed by atoms with Crippen LogP contribution in [0.1, 0.15) is 24.8 Å². The molecule has 20 heavy (non-hydrogen) atoms. The zero-order valence-electron chi connectivity index (χ0n) is 11.7. The summed E-state index contributed by atoms with van der Waals surface area (Å²) in [4.78, 5) is 2.15. The van der Waals surface area contributed by atoms with E-state index >= 15 is 0 Å². The van der Waals surface area contributed by atoms with E-state index in [1.165, 1.54) is 6.42 Å². The van der Waals surface area contributed by atoms with Gasteiger partial charge < -0.3 is 9.47 Å². The smallest absolute Gasteiger partial charge is 0.387 e. The number of benzene rings is 1. The summed E-state index contributed by atoms with van der Waals surface area (Å²) in [6, 6.07) is 6.85. The number of hydrogen-bond acceptors (Lipinski definition) is 3. The summed E-state index contributed by atoms with van der Waals surface area (Å²) >= 11 is 0. The Kier molecular flexibility index (Phi) is 5.73. The average Bonchev–Trinajstić information content (AvgIpc) is 2.39. The van der Waals surface area contributed by atoms with Crippen molar-refractivity contribution in [2.24, 2.45) is 0 Å². The second-order valence-electron chi connectivity index (χ2n) is 5.21.